The predicted molar refractivity (Wildman–Crippen MR) is 105 cm³/mol. The molecule has 0 unspecified atom stereocenters. The Morgan fingerprint density at radius 2 is 1.85 bits per heavy atom. The highest BCUT2D eigenvalue weighted by molar-refractivity contribution is 7.93. The third-order valence-electron chi connectivity index (χ3n) is 4.61. The minimum absolute atomic E-state index is 0.0495. The van der Waals surface area contributed by atoms with Gasteiger partial charge in [0, 0.05) is 18.7 Å². The quantitative estimate of drug-likeness (QED) is 0.875. The molecule has 0 atom stereocenters. The van der Waals surface area contributed by atoms with E-state index in [1.54, 1.807) is 12.1 Å². The van der Waals surface area contributed by atoms with Crippen molar-refractivity contribution in [2.75, 3.05) is 21.9 Å². The molecule has 0 radical (unpaired) electrons. The summed E-state index contributed by atoms with van der Waals surface area (Å²) in [7, 11) is -3.19. The fourth-order valence-electron chi connectivity index (χ4n) is 3.16. The number of nitrogens with one attached hydrogen (secondary N) is 1. The second-order valence-electron chi connectivity index (χ2n) is 6.78. The van der Waals surface area contributed by atoms with E-state index in [-0.39, 0.29) is 11.7 Å². The number of anilines is 2. The number of carbonyl (C=O) groups excluding carboxylic acids is 1. The lowest BCUT2D eigenvalue weighted by Crippen LogP contribution is -2.25. The first kappa shape index (κ1) is 18.5. The molecule has 1 N–H and O–H groups in total. The molecular weight excluding hydrogens is 348 g/mol. The average Bonchev–Trinajstić information content (AvgIpc) is 2.94. The van der Waals surface area contributed by atoms with E-state index in [1.165, 1.54) is 9.87 Å². The van der Waals surface area contributed by atoms with E-state index < -0.39 is 10.0 Å². The summed E-state index contributed by atoms with van der Waals surface area (Å²) in [6.07, 6.45) is 1.75. The first-order valence-electron chi connectivity index (χ1n) is 8.82. The van der Waals surface area contributed by atoms with Crippen LogP contribution in [-0.2, 0) is 21.2 Å². The molecular formula is C20H24N2O3S. The molecule has 26 heavy (non-hydrogen) atoms. The number of carbonyl (C=O) groups is 1. The molecule has 1 heterocycles. The monoisotopic (exact) mass is 372 g/mol. The Hall–Kier alpha value is -2.34. The summed E-state index contributed by atoms with van der Waals surface area (Å²) in [6, 6.07) is 13.5. The molecule has 1 amide bonds. The summed E-state index contributed by atoms with van der Waals surface area (Å²) >= 11 is 0. The Morgan fingerprint density at radius 1 is 1.12 bits per heavy atom. The fraction of sp³-hybridized carbons (Fsp3) is 0.350. The molecule has 1 aliphatic rings. The predicted octanol–water partition coefficient (Wildman–Crippen LogP) is 3.41. The summed E-state index contributed by atoms with van der Waals surface area (Å²) in [5.74, 6) is 0.149. The summed E-state index contributed by atoms with van der Waals surface area (Å²) in [4.78, 5) is 12.2. The molecule has 0 saturated carbocycles. The van der Waals surface area contributed by atoms with Crippen LogP contribution in [0.25, 0.3) is 0 Å². The minimum Gasteiger partial charge on any atom is -0.326 e. The number of nitrogens with zero attached hydrogens (tertiary/aromatic N) is 1. The maximum Gasteiger partial charge on any atom is 0.235 e. The van der Waals surface area contributed by atoms with Crippen molar-refractivity contribution in [2.45, 2.75) is 33.1 Å². The van der Waals surface area contributed by atoms with E-state index in [9.17, 15) is 13.2 Å². The second kappa shape index (κ2) is 7.50. The molecule has 0 bridgehead atoms. The third-order valence-corrected chi connectivity index (χ3v) is 6.47. The lowest BCUT2D eigenvalue weighted by atomic mass is 10.1. The van der Waals surface area contributed by atoms with Crippen LogP contribution in [0, 0.1) is 13.8 Å². The van der Waals surface area contributed by atoms with Gasteiger partial charge in [0.05, 0.1) is 11.4 Å². The van der Waals surface area contributed by atoms with Crippen LogP contribution in [0.1, 0.15) is 29.5 Å². The number of amides is 1. The summed E-state index contributed by atoms with van der Waals surface area (Å²) in [6.45, 7) is 4.42. The van der Waals surface area contributed by atoms with Crippen molar-refractivity contribution in [1.82, 2.24) is 0 Å². The maximum atomic E-state index is 12.2. The molecule has 2 aromatic rings. The molecule has 3 rings (SSSR count). The van der Waals surface area contributed by atoms with Gasteiger partial charge in [-0.2, -0.15) is 0 Å². The highest BCUT2D eigenvalue weighted by atomic mass is 32.2. The van der Waals surface area contributed by atoms with Crippen molar-refractivity contribution in [1.29, 1.82) is 0 Å². The highest BCUT2D eigenvalue weighted by Gasteiger charge is 2.29. The molecule has 1 fully saturated rings. The van der Waals surface area contributed by atoms with Gasteiger partial charge in [0.1, 0.15) is 0 Å². The minimum atomic E-state index is -3.19. The smallest absolute Gasteiger partial charge is 0.235 e. The van der Waals surface area contributed by atoms with Crippen LogP contribution in [0.3, 0.4) is 0 Å². The van der Waals surface area contributed by atoms with Crippen LogP contribution < -0.4 is 9.62 Å². The van der Waals surface area contributed by atoms with Gasteiger partial charge in [-0.05, 0) is 56.0 Å². The number of aryl methyl sites for hydroxylation is 3. The molecule has 5 nitrogen and oxygen atoms in total. The van der Waals surface area contributed by atoms with Crippen molar-refractivity contribution in [2.24, 2.45) is 0 Å². The van der Waals surface area contributed by atoms with Crippen LogP contribution in [0.4, 0.5) is 11.4 Å². The molecule has 6 heteroatoms. The maximum absolute atomic E-state index is 12.2. The topological polar surface area (TPSA) is 66.5 Å². The SMILES string of the molecule is Cc1ccc(CCC(=O)Nc2ccc(N3CCCS3(=O)=O)c(C)c2)cc1. The fourth-order valence-corrected chi connectivity index (χ4v) is 4.79. The van der Waals surface area contributed by atoms with Gasteiger partial charge in [0.15, 0.2) is 0 Å². The Bertz CT molecular complexity index is 905. The standard InChI is InChI=1S/C20H24N2O3S/c1-15-4-6-17(7-5-15)8-11-20(23)21-18-9-10-19(16(2)14-18)22-12-3-13-26(22,24)25/h4-7,9-10,14H,3,8,11-13H2,1-2H3,(H,21,23). The van der Waals surface area contributed by atoms with Gasteiger partial charge >= 0.3 is 0 Å². The van der Waals surface area contributed by atoms with Crippen LogP contribution in [-0.4, -0.2) is 26.6 Å². The van der Waals surface area contributed by atoms with Crippen LogP contribution in [0.2, 0.25) is 0 Å². The van der Waals surface area contributed by atoms with Gasteiger partial charge in [-0.3, -0.25) is 9.10 Å². The molecule has 138 valence electrons. The van der Waals surface area contributed by atoms with Gasteiger partial charge in [-0.1, -0.05) is 29.8 Å². The highest BCUT2D eigenvalue weighted by Crippen LogP contribution is 2.29. The molecule has 2 aromatic carbocycles. The molecule has 0 aromatic heterocycles. The third kappa shape index (κ3) is 4.25. The summed E-state index contributed by atoms with van der Waals surface area (Å²) in [5, 5.41) is 2.90. The largest absolute Gasteiger partial charge is 0.326 e. The van der Waals surface area contributed by atoms with Crippen LogP contribution in [0.5, 0.6) is 0 Å². The molecule has 1 aliphatic heterocycles. The van der Waals surface area contributed by atoms with Crippen LogP contribution in [0.15, 0.2) is 42.5 Å². The first-order chi connectivity index (χ1) is 12.3. The number of hydrogen-bond acceptors (Lipinski definition) is 3. The molecule has 0 aliphatic carbocycles. The lowest BCUT2D eigenvalue weighted by Gasteiger charge is -2.20. The Morgan fingerprint density at radius 3 is 2.46 bits per heavy atom. The normalized spacial score (nSPS) is 15.8. The van der Waals surface area contributed by atoms with Crippen LogP contribution >= 0.6 is 0 Å². The Kier molecular flexibility index (Phi) is 5.32. The number of rotatable bonds is 5. The first-order valence-corrected chi connectivity index (χ1v) is 10.4. The van der Waals surface area contributed by atoms with Gasteiger partial charge in [-0.25, -0.2) is 8.42 Å². The van der Waals surface area contributed by atoms with Gasteiger partial charge in [-0.15, -0.1) is 0 Å². The Labute approximate surface area is 155 Å². The van der Waals surface area contributed by atoms with Gasteiger partial charge in [0.2, 0.25) is 15.9 Å². The summed E-state index contributed by atoms with van der Waals surface area (Å²) < 4.78 is 25.6. The van der Waals surface area contributed by atoms with E-state index in [4.69, 9.17) is 0 Å². The molecule has 0 spiro atoms. The number of sulfonamides is 1. The zero-order valence-corrected chi connectivity index (χ0v) is 16.0. The lowest BCUT2D eigenvalue weighted by molar-refractivity contribution is -0.116. The zero-order valence-electron chi connectivity index (χ0n) is 15.2. The Balaban J connectivity index is 1.62. The van der Waals surface area contributed by atoms with Crippen molar-refractivity contribution in [3.8, 4) is 0 Å². The van der Waals surface area contributed by atoms with E-state index in [0.717, 1.165) is 11.1 Å². The zero-order chi connectivity index (χ0) is 18.7. The average molecular weight is 372 g/mol. The van der Waals surface area contributed by atoms with Crippen molar-refractivity contribution in [3.63, 3.8) is 0 Å². The van der Waals surface area contributed by atoms with E-state index in [0.29, 0.717) is 37.2 Å². The molecule has 1 saturated heterocycles. The van der Waals surface area contributed by atoms with E-state index >= 15 is 0 Å². The second-order valence-corrected chi connectivity index (χ2v) is 8.79. The van der Waals surface area contributed by atoms with Crippen molar-refractivity contribution < 1.29 is 13.2 Å². The number of benzene rings is 2. The van der Waals surface area contributed by atoms with Gasteiger partial charge in [0.25, 0.3) is 0 Å². The number of hydrogen-bond donors (Lipinski definition) is 1. The summed E-state index contributed by atoms with van der Waals surface area (Å²) in [5.41, 5.74) is 4.56. The van der Waals surface area contributed by atoms with E-state index in [2.05, 4.69) is 5.32 Å². The van der Waals surface area contributed by atoms with E-state index in [1.807, 2.05) is 44.2 Å². The van der Waals surface area contributed by atoms with Crippen molar-refractivity contribution in [3.05, 3.63) is 59.2 Å². The van der Waals surface area contributed by atoms with Gasteiger partial charge < -0.3 is 5.32 Å². The van der Waals surface area contributed by atoms with Crippen molar-refractivity contribution >= 4 is 27.3 Å².